The minimum atomic E-state index is -0.703. The number of carbonyl (C=O) groups excluding carboxylic acids is 4. The zero-order chi connectivity index (χ0) is 17.9. The van der Waals surface area contributed by atoms with Gasteiger partial charge in [0.05, 0.1) is 0 Å². The van der Waals surface area contributed by atoms with Crippen LogP contribution >= 0.6 is 0 Å². The van der Waals surface area contributed by atoms with E-state index in [0.29, 0.717) is 18.5 Å². The highest BCUT2D eigenvalue weighted by Gasteiger charge is 2.31. The Kier molecular flexibility index (Phi) is 5.38. The predicted molar refractivity (Wildman–Crippen MR) is 84.2 cm³/mol. The molecule has 1 fully saturated rings. The van der Waals surface area contributed by atoms with Crippen LogP contribution in [0.4, 0.5) is 0 Å². The number of rotatable bonds is 5. The number of Topliss-reactive ketones (excluding diaryl/α,β-unsaturated/α-hetero) is 1. The molecule has 0 spiro atoms. The largest absolute Gasteiger partial charge is 0.451 e. The number of hydrogen-bond donors (Lipinski definition) is 1. The summed E-state index contributed by atoms with van der Waals surface area (Å²) < 4.78 is 6.50. The fourth-order valence-electron chi connectivity index (χ4n) is 2.77. The molecule has 1 aliphatic rings. The quantitative estimate of drug-likeness (QED) is 0.612. The summed E-state index contributed by atoms with van der Waals surface area (Å²) in [4.78, 5) is 48.4. The number of esters is 1. The fraction of sp³-hybridized carbons (Fsp3) is 0.500. The maximum atomic E-state index is 12.2. The number of aryl methyl sites for hydroxylation is 1. The molecule has 0 saturated carbocycles. The number of amides is 2. The van der Waals surface area contributed by atoms with Crippen molar-refractivity contribution in [2.45, 2.75) is 32.2 Å². The van der Waals surface area contributed by atoms with Crippen molar-refractivity contribution >= 4 is 23.6 Å². The third-order valence-corrected chi connectivity index (χ3v) is 4.10. The van der Waals surface area contributed by atoms with Crippen LogP contribution in [-0.4, -0.2) is 52.2 Å². The zero-order valence-corrected chi connectivity index (χ0v) is 13.8. The van der Waals surface area contributed by atoms with Crippen LogP contribution in [0.25, 0.3) is 0 Å². The normalized spacial score (nSPS) is 17.4. The summed E-state index contributed by atoms with van der Waals surface area (Å²) in [6.07, 6.45) is 3.65. The molecule has 0 radical (unpaired) electrons. The van der Waals surface area contributed by atoms with E-state index in [1.807, 2.05) is 0 Å². The van der Waals surface area contributed by atoms with Crippen LogP contribution in [-0.2, 0) is 21.4 Å². The molecule has 1 atom stereocenters. The van der Waals surface area contributed by atoms with Crippen molar-refractivity contribution in [1.29, 1.82) is 0 Å². The molecule has 2 rings (SSSR count). The van der Waals surface area contributed by atoms with Crippen LogP contribution < -0.4 is 5.73 Å². The fourth-order valence-corrected chi connectivity index (χ4v) is 2.77. The summed E-state index contributed by atoms with van der Waals surface area (Å²) in [7, 11) is 1.61. The van der Waals surface area contributed by atoms with E-state index in [9.17, 15) is 19.2 Å². The van der Waals surface area contributed by atoms with E-state index < -0.39 is 30.4 Å². The molecule has 0 unspecified atom stereocenters. The van der Waals surface area contributed by atoms with E-state index in [-0.39, 0.29) is 11.5 Å². The van der Waals surface area contributed by atoms with Crippen LogP contribution in [0.2, 0.25) is 0 Å². The number of likely N-dealkylation sites (tertiary alicyclic amines) is 1. The van der Waals surface area contributed by atoms with Crippen LogP contribution in [0.1, 0.15) is 47.0 Å². The first-order chi connectivity index (χ1) is 11.3. The van der Waals surface area contributed by atoms with Gasteiger partial charge >= 0.3 is 5.97 Å². The Morgan fingerprint density at radius 2 is 2.00 bits per heavy atom. The smallest absolute Gasteiger partial charge is 0.355 e. The van der Waals surface area contributed by atoms with Crippen LogP contribution in [0, 0.1) is 0 Å². The Morgan fingerprint density at radius 3 is 2.58 bits per heavy atom. The van der Waals surface area contributed by atoms with Crippen molar-refractivity contribution in [3.05, 3.63) is 23.5 Å². The van der Waals surface area contributed by atoms with E-state index >= 15 is 0 Å². The van der Waals surface area contributed by atoms with E-state index in [1.54, 1.807) is 7.05 Å². The SMILES string of the molecule is CC(=O)c1cc(C(=O)OCC(=O)N2CCCC[C@@H]2C(N)=O)n(C)c1. The summed E-state index contributed by atoms with van der Waals surface area (Å²) in [6.45, 7) is 1.35. The molecule has 8 nitrogen and oxygen atoms in total. The first kappa shape index (κ1) is 17.7. The Morgan fingerprint density at radius 1 is 1.29 bits per heavy atom. The highest BCUT2D eigenvalue weighted by molar-refractivity contribution is 5.98. The van der Waals surface area contributed by atoms with Crippen LogP contribution in [0.3, 0.4) is 0 Å². The van der Waals surface area contributed by atoms with Gasteiger partial charge in [0, 0.05) is 25.4 Å². The number of ketones is 1. The molecule has 8 heteroatoms. The number of primary amides is 1. The van der Waals surface area contributed by atoms with Gasteiger partial charge in [-0.25, -0.2) is 4.79 Å². The number of nitrogens with two attached hydrogens (primary N) is 1. The number of hydrogen-bond acceptors (Lipinski definition) is 5. The highest BCUT2D eigenvalue weighted by atomic mass is 16.5. The molecule has 0 bridgehead atoms. The Labute approximate surface area is 139 Å². The van der Waals surface area contributed by atoms with Crippen LogP contribution in [0.5, 0.6) is 0 Å². The topological polar surface area (TPSA) is 112 Å². The summed E-state index contributed by atoms with van der Waals surface area (Å²) in [5.74, 6) is -1.87. The second kappa shape index (κ2) is 7.29. The molecule has 0 aliphatic carbocycles. The third-order valence-electron chi connectivity index (χ3n) is 4.10. The van der Waals surface area contributed by atoms with Gasteiger partial charge in [0.1, 0.15) is 11.7 Å². The van der Waals surface area contributed by atoms with Crippen molar-refractivity contribution < 1.29 is 23.9 Å². The number of piperidine rings is 1. The summed E-state index contributed by atoms with van der Waals surface area (Å²) in [6, 6.07) is 0.770. The lowest BCUT2D eigenvalue weighted by atomic mass is 10.0. The molecule has 1 aromatic heterocycles. The number of aromatic nitrogens is 1. The minimum absolute atomic E-state index is 0.168. The Bertz CT molecular complexity index is 679. The molecule has 1 aliphatic heterocycles. The van der Waals surface area contributed by atoms with Crippen molar-refractivity contribution in [2.24, 2.45) is 12.8 Å². The van der Waals surface area contributed by atoms with Gasteiger partial charge in [-0.2, -0.15) is 0 Å². The molecule has 1 saturated heterocycles. The first-order valence-corrected chi connectivity index (χ1v) is 7.74. The highest BCUT2D eigenvalue weighted by Crippen LogP contribution is 2.17. The maximum Gasteiger partial charge on any atom is 0.355 e. The summed E-state index contributed by atoms with van der Waals surface area (Å²) >= 11 is 0. The van der Waals surface area contributed by atoms with Crippen molar-refractivity contribution in [3.8, 4) is 0 Å². The maximum absolute atomic E-state index is 12.2. The van der Waals surface area contributed by atoms with Gasteiger partial charge < -0.3 is 19.9 Å². The molecular weight excluding hydrogens is 314 g/mol. The van der Waals surface area contributed by atoms with Gasteiger partial charge in [0.15, 0.2) is 12.4 Å². The predicted octanol–water partition coefficient (Wildman–Crippen LogP) is 0.251. The lowest BCUT2D eigenvalue weighted by molar-refractivity contribution is -0.143. The Balaban J connectivity index is 1.99. The van der Waals surface area contributed by atoms with E-state index in [4.69, 9.17) is 10.5 Å². The van der Waals surface area contributed by atoms with E-state index in [2.05, 4.69) is 0 Å². The van der Waals surface area contributed by atoms with Crippen LogP contribution in [0.15, 0.2) is 12.3 Å². The molecule has 24 heavy (non-hydrogen) atoms. The first-order valence-electron chi connectivity index (χ1n) is 7.74. The lowest BCUT2D eigenvalue weighted by Crippen LogP contribution is -2.51. The van der Waals surface area contributed by atoms with Gasteiger partial charge in [-0.05, 0) is 32.3 Å². The second-order valence-electron chi connectivity index (χ2n) is 5.86. The van der Waals surface area contributed by atoms with Gasteiger partial charge in [-0.15, -0.1) is 0 Å². The van der Waals surface area contributed by atoms with Crippen molar-refractivity contribution in [2.75, 3.05) is 13.2 Å². The molecule has 2 N–H and O–H groups in total. The third kappa shape index (κ3) is 3.81. The molecule has 130 valence electrons. The Hall–Kier alpha value is -2.64. The molecule has 0 aromatic carbocycles. The summed E-state index contributed by atoms with van der Waals surface area (Å²) in [5.41, 5.74) is 5.89. The van der Waals surface area contributed by atoms with E-state index in [1.165, 1.54) is 28.7 Å². The number of nitrogens with zero attached hydrogens (tertiary/aromatic N) is 2. The molecular formula is C16H21N3O5. The lowest BCUT2D eigenvalue weighted by Gasteiger charge is -2.33. The van der Waals surface area contributed by atoms with Gasteiger partial charge in [-0.3, -0.25) is 14.4 Å². The zero-order valence-electron chi connectivity index (χ0n) is 13.8. The average Bonchev–Trinajstić information content (AvgIpc) is 2.94. The molecule has 2 heterocycles. The monoisotopic (exact) mass is 335 g/mol. The molecule has 2 amide bonds. The number of carbonyl (C=O) groups is 4. The number of ether oxygens (including phenoxy) is 1. The standard InChI is InChI=1S/C16H21N3O5/c1-10(20)11-7-13(18(2)8-11)16(23)24-9-14(21)19-6-4-3-5-12(19)15(17)22/h7-8,12H,3-6,9H2,1-2H3,(H2,17,22)/t12-/m1/s1. The molecule has 1 aromatic rings. The minimum Gasteiger partial charge on any atom is -0.451 e. The summed E-state index contributed by atoms with van der Waals surface area (Å²) in [5, 5.41) is 0. The second-order valence-corrected chi connectivity index (χ2v) is 5.86. The van der Waals surface area contributed by atoms with Crippen molar-refractivity contribution in [3.63, 3.8) is 0 Å². The van der Waals surface area contributed by atoms with Gasteiger partial charge in [-0.1, -0.05) is 0 Å². The van der Waals surface area contributed by atoms with Gasteiger partial charge in [0.2, 0.25) is 5.91 Å². The average molecular weight is 335 g/mol. The van der Waals surface area contributed by atoms with Crippen molar-refractivity contribution in [1.82, 2.24) is 9.47 Å². The van der Waals surface area contributed by atoms with E-state index in [0.717, 1.165) is 12.8 Å². The van der Waals surface area contributed by atoms with Gasteiger partial charge in [0.25, 0.3) is 5.91 Å².